The van der Waals surface area contributed by atoms with Crippen LogP contribution in [0.4, 0.5) is 0 Å². The monoisotopic (exact) mass is 297 g/mol. The Labute approximate surface area is 119 Å². The lowest BCUT2D eigenvalue weighted by Gasteiger charge is -2.18. The first kappa shape index (κ1) is 15.0. The van der Waals surface area contributed by atoms with Crippen LogP contribution in [0.2, 0.25) is 0 Å². The van der Waals surface area contributed by atoms with E-state index in [9.17, 15) is 13.2 Å². The van der Waals surface area contributed by atoms with E-state index in [1.165, 1.54) is 22.5 Å². The third-order valence-electron chi connectivity index (χ3n) is 3.96. The van der Waals surface area contributed by atoms with E-state index in [0.29, 0.717) is 24.6 Å². The molecule has 1 aliphatic heterocycles. The first-order valence-electron chi connectivity index (χ1n) is 6.71. The van der Waals surface area contributed by atoms with Crippen molar-refractivity contribution in [2.75, 3.05) is 13.1 Å². The molecular weight excluding hydrogens is 278 g/mol. The SMILES string of the molecule is CCC1CCN(S(=O)(=O)c2cccc(C(=O)O)c2C)C1. The van der Waals surface area contributed by atoms with Crippen molar-refractivity contribution in [3.63, 3.8) is 0 Å². The molecule has 0 aromatic heterocycles. The molecular formula is C14H19NO4S. The van der Waals surface area contributed by atoms with Gasteiger partial charge >= 0.3 is 5.97 Å². The van der Waals surface area contributed by atoms with Gasteiger partial charge in [0, 0.05) is 13.1 Å². The number of nitrogens with zero attached hydrogens (tertiary/aromatic N) is 1. The van der Waals surface area contributed by atoms with E-state index >= 15 is 0 Å². The van der Waals surface area contributed by atoms with Crippen molar-refractivity contribution in [3.8, 4) is 0 Å². The van der Waals surface area contributed by atoms with Gasteiger partial charge < -0.3 is 5.11 Å². The van der Waals surface area contributed by atoms with Crippen molar-refractivity contribution in [1.82, 2.24) is 4.31 Å². The van der Waals surface area contributed by atoms with E-state index in [0.717, 1.165) is 12.8 Å². The van der Waals surface area contributed by atoms with Crippen LogP contribution in [0.15, 0.2) is 23.1 Å². The number of hydrogen-bond acceptors (Lipinski definition) is 3. The Morgan fingerprint density at radius 2 is 2.15 bits per heavy atom. The molecule has 1 aromatic carbocycles. The van der Waals surface area contributed by atoms with E-state index in [1.54, 1.807) is 6.92 Å². The standard InChI is InChI=1S/C14H19NO4S/c1-3-11-7-8-15(9-11)20(18,19)13-6-4-5-12(10(13)2)14(16)17/h4-6,11H,3,7-9H2,1-2H3,(H,16,17). The zero-order chi connectivity index (χ0) is 14.9. The molecule has 1 N–H and O–H groups in total. The van der Waals surface area contributed by atoms with Crippen LogP contribution in [-0.2, 0) is 10.0 Å². The van der Waals surface area contributed by atoms with Gasteiger partial charge in [0.05, 0.1) is 10.5 Å². The van der Waals surface area contributed by atoms with Crippen molar-refractivity contribution in [3.05, 3.63) is 29.3 Å². The summed E-state index contributed by atoms with van der Waals surface area (Å²) in [7, 11) is -3.60. The third kappa shape index (κ3) is 2.58. The van der Waals surface area contributed by atoms with Crippen LogP contribution in [0.5, 0.6) is 0 Å². The highest BCUT2D eigenvalue weighted by atomic mass is 32.2. The molecule has 1 saturated heterocycles. The number of carboxylic acid groups (broad SMARTS) is 1. The summed E-state index contributed by atoms with van der Waals surface area (Å²) < 4.78 is 26.7. The molecule has 20 heavy (non-hydrogen) atoms. The predicted octanol–water partition coefficient (Wildman–Crippen LogP) is 2.11. The van der Waals surface area contributed by atoms with Gasteiger partial charge in [-0.15, -0.1) is 0 Å². The second-order valence-electron chi connectivity index (χ2n) is 5.16. The smallest absolute Gasteiger partial charge is 0.335 e. The average Bonchev–Trinajstić information content (AvgIpc) is 2.87. The molecule has 6 heteroatoms. The van der Waals surface area contributed by atoms with E-state index in [4.69, 9.17) is 5.11 Å². The van der Waals surface area contributed by atoms with Crippen LogP contribution in [0.25, 0.3) is 0 Å². The van der Waals surface area contributed by atoms with Crippen LogP contribution in [0, 0.1) is 12.8 Å². The molecule has 0 bridgehead atoms. The van der Waals surface area contributed by atoms with Gasteiger partial charge in [0.25, 0.3) is 0 Å². The molecule has 0 spiro atoms. The molecule has 1 fully saturated rings. The van der Waals surface area contributed by atoms with Gasteiger partial charge in [-0.1, -0.05) is 19.4 Å². The number of aromatic carboxylic acids is 1. The van der Waals surface area contributed by atoms with Crippen LogP contribution in [0.1, 0.15) is 35.7 Å². The second kappa shape index (κ2) is 5.54. The lowest BCUT2D eigenvalue weighted by Crippen LogP contribution is -2.29. The van der Waals surface area contributed by atoms with Crippen molar-refractivity contribution < 1.29 is 18.3 Å². The van der Waals surface area contributed by atoms with Gasteiger partial charge in [-0.05, 0) is 37.0 Å². The Morgan fingerprint density at radius 1 is 1.45 bits per heavy atom. The number of benzene rings is 1. The first-order valence-corrected chi connectivity index (χ1v) is 8.15. The maximum absolute atomic E-state index is 12.6. The van der Waals surface area contributed by atoms with Crippen LogP contribution >= 0.6 is 0 Å². The molecule has 5 nitrogen and oxygen atoms in total. The molecule has 0 aliphatic carbocycles. The van der Waals surface area contributed by atoms with Crippen LogP contribution in [0.3, 0.4) is 0 Å². The Bertz CT molecular complexity index is 624. The molecule has 1 heterocycles. The molecule has 1 aromatic rings. The summed E-state index contributed by atoms with van der Waals surface area (Å²) in [5.41, 5.74) is 0.345. The predicted molar refractivity (Wildman–Crippen MR) is 75.3 cm³/mol. The zero-order valence-corrected chi connectivity index (χ0v) is 12.5. The average molecular weight is 297 g/mol. The highest BCUT2D eigenvalue weighted by Crippen LogP contribution is 2.28. The fourth-order valence-electron chi connectivity index (χ4n) is 2.61. The number of hydrogen-bond donors (Lipinski definition) is 1. The lowest BCUT2D eigenvalue weighted by atomic mass is 10.1. The highest BCUT2D eigenvalue weighted by Gasteiger charge is 2.33. The quantitative estimate of drug-likeness (QED) is 0.923. The molecule has 0 amide bonds. The van der Waals surface area contributed by atoms with E-state index in [2.05, 4.69) is 6.92 Å². The maximum atomic E-state index is 12.6. The van der Waals surface area contributed by atoms with Crippen LogP contribution < -0.4 is 0 Å². The number of carbonyl (C=O) groups is 1. The molecule has 0 radical (unpaired) electrons. The van der Waals surface area contributed by atoms with Crippen LogP contribution in [-0.4, -0.2) is 36.9 Å². The minimum Gasteiger partial charge on any atom is -0.478 e. The number of rotatable bonds is 4. The van der Waals surface area contributed by atoms with E-state index in [-0.39, 0.29) is 10.5 Å². The molecule has 1 atom stereocenters. The topological polar surface area (TPSA) is 74.7 Å². The summed E-state index contributed by atoms with van der Waals surface area (Å²) in [6.45, 7) is 4.63. The summed E-state index contributed by atoms with van der Waals surface area (Å²) in [6.07, 6.45) is 1.83. The van der Waals surface area contributed by atoms with Gasteiger partial charge in [0.2, 0.25) is 10.0 Å². The Kier molecular flexibility index (Phi) is 4.15. The summed E-state index contributed by atoms with van der Waals surface area (Å²) in [6, 6.07) is 4.39. The van der Waals surface area contributed by atoms with Crippen molar-refractivity contribution in [1.29, 1.82) is 0 Å². The Morgan fingerprint density at radius 3 is 2.70 bits per heavy atom. The Balaban J connectivity index is 2.41. The third-order valence-corrected chi connectivity index (χ3v) is 5.97. The minimum absolute atomic E-state index is 0.0392. The normalized spacial score (nSPS) is 20.2. The molecule has 1 unspecified atom stereocenters. The summed E-state index contributed by atoms with van der Waals surface area (Å²) in [5.74, 6) is -0.708. The summed E-state index contributed by atoms with van der Waals surface area (Å²) >= 11 is 0. The van der Waals surface area contributed by atoms with Crippen molar-refractivity contribution in [2.24, 2.45) is 5.92 Å². The minimum atomic E-state index is -3.60. The zero-order valence-electron chi connectivity index (χ0n) is 11.7. The fourth-order valence-corrected chi connectivity index (χ4v) is 4.39. The maximum Gasteiger partial charge on any atom is 0.335 e. The molecule has 2 rings (SSSR count). The first-order chi connectivity index (χ1) is 9.37. The van der Waals surface area contributed by atoms with Gasteiger partial charge in [0.15, 0.2) is 0 Å². The summed E-state index contributed by atoms with van der Waals surface area (Å²) in [5, 5.41) is 9.09. The largest absolute Gasteiger partial charge is 0.478 e. The van der Waals surface area contributed by atoms with Gasteiger partial charge in [-0.2, -0.15) is 4.31 Å². The number of carboxylic acids is 1. The van der Waals surface area contributed by atoms with Crippen molar-refractivity contribution >= 4 is 16.0 Å². The van der Waals surface area contributed by atoms with Gasteiger partial charge in [0.1, 0.15) is 0 Å². The molecule has 110 valence electrons. The highest BCUT2D eigenvalue weighted by molar-refractivity contribution is 7.89. The van der Waals surface area contributed by atoms with Crippen molar-refractivity contribution in [2.45, 2.75) is 31.6 Å². The van der Waals surface area contributed by atoms with Gasteiger partial charge in [-0.25, -0.2) is 13.2 Å². The van der Waals surface area contributed by atoms with E-state index < -0.39 is 16.0 Å². The molecule has 0 saturated carbocycles. The van der Waals surface area contributed by atoms with E-state index in [1.807, 2.05) is 0 Å². The fraction of sp³-hybridized carbons (Fsp3) is 0.500. The molecule has 1 aliphatic rings. The van der Waals surface area contributed by atoms with Gasteiger partial charge in [-0.3, -0.25) is 0 Å². The summed E-state index contributed by atoms with van der Waals surface area (Å²) in [4.78, 5) is 11.2. The lowest BCUT2D eigenvalue weighted by molar-refractivity contribution is 0.0696. The Hall–Kier alpha value is -1.40. The second-order valence-corrected chi connectivity index (χ2v) is 7.07. The number of sulfonamides is 1.